The molecule has 22 heavy (non-hydrogen) atoms. The van der Waals surface area contributed by atoms with Gasteiger partial charge in [-0.1, -0.05) is 12.1 Å². The van der Waals surface area contributed by atoms with Crippen LogP contribution in [0.2, 0.25) is 0 Å². The summed E-state index contributed by atoms with van der Waals surface area (Å²) in [5.41, 5.74) is 5.60. The van der Waals surface area contributed by atoms with Crippen LogP contribution in [0.25, 0.3) is 6.08 Å². The second-order valence-corrected chi connectivity index (χ2v) is 4.89. The van der Waals surface area contributed by atoms with Crippen molar-refractivity contribution in [3.05, 3.63) is 35.4 Å². The van der Waals surface area contributed by atoms with Crippen LogP contribution in [0.1, 0.15) is 5.56 Å². The third-order valence-corrected chi connectivity index (χ3v) is 3.25. The maximum atomic E-state index is 12.0. The Balaban J connectivity index is 2.18. The quantitative estimate of drug-likeness (QED) is 0.455. The molecule has 114 valence electrons. The van der Waals surface area contributed by atoms with E-state index in [4.69, 9.17) is 22.7 Å². The summed E-state index contributed by atoms with van der Waals surface area (Å²) in [6.07, 6.45) is 1.45. The first-order chi connectivity index (χ1) is 10.4. The zero-order chi connectivity index (χ0) is 16.3. The lowest BCUT2D eigenvalue weighted by molar-refractivity contribution is -0.128. The number of likely N-dealkylation sites (N-methyl/N-ethyl adjacent to an activating group) is 1. The molecule has 3 amide bonds. The van der Waals surface area contributed by atoms with E-state index in [2.05, 4.69) is 5.32 Å². The molecule has 8 heteroatoms. The Kier molecular flexibility index (Phi) is 4.52. The number of hydrogen-bond acceptors (Lipinski definition) is 5. The van der Waals surface area contributed by atoms with Crippen LogP contribution in [0.5, 0.6) is 5.75 Å². The smallest absolute Gasteiger partial charge is 0.265 e. The first-order valence-electron chi connectivity index (χ1n) is 6.24. The number of carbonyl (C=O) groups is 3. The van der Waals surface area contributed by atoms with Gasteiger partial charge in [0, 0.05) is 7.05 Å². The van der Waals surface area contributed by atoms with E-state index in [1.54, 1.807) is 24.3 Å². The number of hydrogen-bond donors (Lipinski definition) is 2. The third-order valence-electron chi connectivity index (χ3n) is 2.88. The van der Waals surface area contributed by atoms with E-state index < -0.39 is 17.7 Å². The molecule has 0 bridgehead atoms. The Morgan fingerprint density at radius 1 is 1.36 bits per heavy atom. The normalized spacial score (nSPS) is 16.7. The van der Waals surface area contributed by atoms with Crippen LogP contribution in [0.3, 0.4) is 0 Å². The molecule has 1 saturated heterocycles. The van der Waals surface area contributed by atoms with Gasteiger partial charge in [-0.2, -0.15) is 0 Å². The van der Waals surface area contributed by atoms with Gasteiger partial charge in [-0.05, 0) is 36.0 Å². The fraction of sp³-hybridized carbons (Fsp3) is 0.143. The number of carbonyl (C=O) groups excluding carboxylic acids is 3. The van der Waals surface area contributed by atoms with Gasteiger partial charge in [0.2, 0.25) is 0 Å². The molecule has 3 N–H and O–H groups in total. The summed E-state index contributed by atoms with van der Waals surface area (Å²) < 4.78 is 5.12. The van der Waals surface area contributed by atoms with Crippen molar-refractivity contribution < 1.29 is 19.1 Å². The van der Waals surface area contributed by atoms with Crippen molar-refractivity contribution in [1.82, 2.24) is 10.2 Å². The van der Waals surface area contributed by atoms with Crippen LogP contribution in [0.15, 0.2) is 29.8 Å². The lowest BCUT2D eigenvalue weighted by Crippen LogP contribution is -2.52. The van der Waals surface area contributed by atoms with Crippen molar-refractivity contribution in [3.63, 3.8) is 0 Å². The number of nitrogens with two attached hydrogens (primary N) is 1. The second-order valence-electron chi connectivity index (χ2n) is 4.51. The Bertz CT molecular complexity index is 682. The average molecular weight is 319 g/mol. The molecule has 0 spiro atoms. The van der Waals surface area contributed by atoms with Crippen LogP contribution >= 0.6 is 12.2 Å². The van der Waals surface area contributed by atoms with Gasteiger partial charge >= 0.3 is 0 Å². The summed E-state index contributed by atoms with van der Waals surface area (Å²) in [6.45, 7) is -0.219. The number of thiocarbonyl (C=S) groups is 1. The summed E-state index contributed by atoms with van der Waals surface area (Å²) >= 11 is 4.86. The number of benzene rings is 1. The number of rotatable bonds is 4. The molecule has 0 aliphatic carbocycles. The highest BCUT2D eigenvalue weighted by Crippen LogP contribution is 2.17. The maximum absolute atomic E-state index is 12.0. The van der Waals surface area contributed by atoms with Gasteiger partial charge < -0.3 is 10.5 Å². The number of primary amides is 1. The van der Waals surface area contributed by atoms with Gasteiger partial charge in [0.1, 0.15) is 11.3 Å². The van der Waals surface area contributed by atoms with Crippen molar-refractivity contribution in [1.29, 1.82) is 0 Å². The van der Waals surface area contributed by atoms with Crippen LogP contribution in [-0.4, -0.2) is 41.4 Å². The second kappa shape index (κ2) is 6.35. The Labute approximate surface area is 131 Å². The third kappa shape index (κ3) is 3.47. The zero-order valence-corrected chi connectivity index (χ0v) is 12.5. The minimum Gasteiger partial charge on any atom is -0.484 e. The van der Waals surface area contributed by atoms with Crippen molar-refractivity contribution in [2.75, 3.05) is 13.7 Å². The van der Waals surface area contributed by atoms with Crippen molar-refractivity contribution in [2.45, 2.75) is 0 Å². The number of amides is 3. The van der Waals surface area contributed by atoms with E-state index in [0.29, 0.717) is 11.3 Å². The number of ether oxygens (including phenoxy) is 1. The highest BCUT2D eigenvalue weighted by atomic mass is 32.1. The standard InChI is InChI=1S/C14H13N3O4S/c1-17-13(20)10(12(19)16-14(17)22)6-8-2-4-9(5-3-8)21-7-11(15)18/h2-6H,7H2,1H3,(H2,15,18)(H,16,19,22)/b10-6+. The first kappa shape index (κ1) is 15.6. The molecular weight excluding hydrogens is 306 g/mol. The summed E-state index contributed by atoms with van der Waals surface area (Å²) in [5.74, 6) is -1.13. The molecule has 0 radical (unpaired) electrons. The predicted octanol–water partition coefficient (Wildman–Crippen LogP) is -0.193. The van der Waals surface area contributed by atoms with Crippen LogP contribution in [0.4, 0.5) is 0 Å². The zero-order valence-electron chi connectivity index (χ0n) is 11.7. The lowest BCUT2D eigenvalue weighted by atomic mass is 10.1. The van der Waals surface area contributed by atoms with E-state index in [9.17, 15) is 14.4 Å². The maximum Gasteiger partial charge on any atom is 0.265 e. The van der Waals surface area contributed by atoms with E-state index in [1.165, 1.54) is 18.0 Å². The Morgan fingerprint density at radius 2 is 2.00 bits per heavy atom. The Hall–Kier alpha value is -2.74. The van der Waals surface area contributed by atoms with E-state index in [1.807, 2.05) is 0 Å². The van der Waals surface area contributed by atoms with Gasteiger partial charge in [0.05, 0.1) is 0 Å². The molecule has 1 heterocycles. The molecule has 1 fully saturated rings. The predicted molar refractivity (Wildman–Crippen MR) is 82.6 cm³/mol. The van der Waals surface area contributed by atoms with Gasteiger partial charge in [-0.15, -0.1) is 0 Å². The van der Waals surface area contributed by atoms with Gasteiger partial charge in [0.15, 0.2) is 11.7 Å². The minimum atomic E-state index is -0.574. The molecule has 0 aromatic heterocycles. The van der Waals surface area contributed by atoms with Gasteiger partial charge in [-0.25, -0.2) is 0 Å². The summed E-state index contributed by atoms with van der Waals surface area (Å²) in [7, 11) is 1.48. The summed E-state index contributed by atoms with van der Waals surface area (Å²) in [5, 5.41) is 2.50. The fourth-order valence-corrected chi connectivity index (χ4v) is 1.90. The fourth-order valence-electron chi connectivity index (χ4n) is 1.73. The van der Waals surface area contributed by atoms with Crippen LogP contribution in [0, 0.1) is 0 Å². The molecular formula is C14H13N3O4S. The van der Waals surface area contributed by atoms with E-state index >= 15 is 0 Å². The first-order valence-corrected chi connectivity index (χ1v) is 6.65. The Morgan fingerprint density at radius 3 is 2.59 bits per heavy atom. The van der Waals surface area contributed by atoms with Crippen molar-refractivity contribution in [2.24, 2.45) is 5.73 Å². The minimum absolute atomic E-state index is 0.0121. The highest BCUT2D eigenvalue weighted by molar-refractivity contribution is 7.80. The number of nitrogens with zero attached hydrogens (tertiary/aromatic N) is 1. The van der Waals surface area contributed by atoms with Crippen LogP contribution in [-0.2, 0) is 14.4 Å². The topological polar surface area (TPSA) is 102 Å². The monoisotopic (exact) mass is 319 g/mol. The molecule has 0 atom stereocenters. The average Bonchev–Trinajstić information content (AvgIpc) is 2.48. The molecule has 0 saturated carbocycles. The van der Waals surface area contributed by atoms with Gasteiger partial charge in [0.25, 0.3) is 17.7 Å². The molecule has 1 aromatic rings. The van der Waals surface area contributed by atoms with Crippen molar-refractivity contribution in [3.8, 4) is 5.75 Å². The number of nitrogens with one attached hydrogen (secondary N) is 1. The van der Waals surface area contributed by atoms with E-state index in [0.717, 1.165) is 0 Å². The molecule has 1 aliphatic rings. The van der Waals surface area contributed by atoms with Gasteiger partial charge in [-0.3, -0.25) is 24.6 Å². The summed E-state index contributed by atoms with van der Waals surface area (Å²) in [6, 6.07) is 6.51. The van der Waals surface area contributed by atoms with Crippen molar-refractivity contribution >= 4 is 41.1 Å². The molecule has 7 nitrogen and oxygen atoms in total. The molecule has 0 unspecified atom stereocenters. The van der Waals surface area contributed by atoms with Crippen LogP contribution < -0.4 is 15.8 Å². The largest absolute Gasteiger partial charge is 0.484 e. The summed E-state index contributed by atoms with van der Waals surface area (Å²) in [4.78, 5) is 35.7. The molecule has 2 rings (SSSR count). The SMILES string of the molecule is CN1C(=O)/C(=C/c2ccc(OCC(N)=O)cc2)C(=O)NC1=S. The molecule has 1 aliphatic heterocycles. The highest BCUT2D eigenvalue weighted by Gasteiger charge is 2.30. The lowest BCUT2D eigenvalue weighted by Gasteiger charge is -2.25. The van der Waals surface area contributed by atoms with E-state index in [-0.39, 0.29) is 17.3 Å². The molecule has 1 aromatic carbocycles.